The van der Waals surface area contributed by atoms with Crippen molar-refractivity contribution < 1.29 is 8.78 Å². The van der Waals surface area contributed by atoms with Crippen molar-refractivity contribution in [2.24, 2.45) is 0 Å². The first kappa shape index (κ1) is 20.7. The zero-order valence-electron chi connectivity index (χ0n) is 17.4. The van der Waals surface area contributed by atoms with Gasteiger partial charge in [-0.1, -0.05) is 97.9 Å². The zero-order chi connectivity index (χ0) is 21.6. The molecule has 0 saturated carbocycles. The summed E-state index contributed by atoms with van der Waals surface area (Å²) in [5, 5.41) is 0. The molecule has 2 heteroatoms. The molecule has 154 valence electrons. The molecule has 0 unspecified atom stereocenters. The van der Waals surface area contributed by atoms with E-state index in [0.717, 1.165) is 23.1 Å². The lowest BCUT2D eigenvalue weighted by atomic mass is 9.93. The number of benzene rings is 4. The largest absolute Gasteiger partial charge is 0.207 e. The Balaban J connectivity index is 1.43. The molecule has 4 aromatic rings. The summed E-state index contributed by atoms with van der Waals surface area (Å²) < 4.78 is 27.7. The lowest BCUT2D eigenvalue weighted by Gasteiger charge is -2.12. The highest BCUT2D eigenvalue weighted by atomic mass is 19.1. The second kappa shape index (κ2) is 9.53. The number of hydrogen-bond acceptors (Lipinski definition) is 0. The Hall–Kier alpha value is -3.52. The summed E-state index contributed by atoms with van der Waals surface area (Å²) >= 11 is 0. The van der Waals surface area contributed by atoms with Crippen LogP contribution in [-0.4, -0.2) is 0 Å². The molecule has 0 N–H and O–H groups in total. The molecule has 0 aliphatic rings. The highest BCUT2D eigenvalue weighted by Gasteiger charge is 2.06. The van der Waals surface area contributed by atoms with Gasteiger partial charge in [0.05, 0.1) is 0 Å². The van der Waals surface area contributed by atoms with Gasteiger partial charge in [-0.2, -0.15) is 0 Å². The second-order valence-corrected chi connectivity index (χ2v) is 7.83. The van der Waals surface area contributed by atoms with E-state index in [1.807, 2.05) is 18.2 Å². The predicted octanol–water partition coefficient (Wildman–Crippen LogP) is 8.15. The third kappa shape index (κ3) is 5.35. The smallest absolute Gasteiger partial charge is 0.131 e. The van der Waals surface area contributed by atoms with Crippen LogP contribution in [0.4, 0.5) is 8.78 Å². The molecule has 31 heavy (non-hydrogen) atoms. The van der Waals surface area contributed by atoms with Gasteiger partial charge in [-0.05, 0) is 58.4 Å². The van der Waals surface area contributed by atoms with Gasteiger partial charge >= 0.3 is 0 Å². The lowest BCUT2D eigenvalue weighted by Crippen LogP contribution is -1.98. The van der Waals surface area contributed by atoms with Gasteiger partial charge in [-0.15, -0.1) is 0 Å². The Morgan fingerprint density at radius 3 is 2.06 bits per heavy atom. The molecule has 0 aromatic heterocycles. The van der Waals surface area contributed by atoms with E-state index >= 15 is 0 Å². The van der Waals surface area contributed by atoms with Gasteiger partial charge in [0, 0.05) is 5.56 Å². The van der Waals surface area contributed by atoms with Crippen molar-refractivity contribution >= 4 is 12.2 Å². The van der Waals surface area contributed by atoms with Crippen LogP contribution in [0.1, 0.15) is 35.1 Å². The summed E-state index contributed by atoms with van der Waals surface area (Å²) in [6.07, 6.45) is 4.68. The van der Waals surface area contributed by atoms with E-state index in [0.29, 0.717) is 11.5 Å². The molecule has 4 aromatic carbocycles. The van der Waals surface area contributed by atoms with Crippen LogP contribution in [0.2, 0.25) is 0 Å². The lowest BCUT2D eigenvalue weighted by molar-refractivity contribution is 0.625. The van der Waals surface area contributed by atoms with E-state index in [2.05, 4.69) is 55.5 Å². The SMILES string of the molecule is C[C@@H](Cc1ccc(C=Cc2ccc(-c3ccc(F)cc3)cc2F)cc1)c1ccccc1. The van der Waals surface area contributed by atoms with Gasteiger partial charge < -0.3 is 0 Å². The van der Waals surface area contributed by atoms with Crippen molar-refractivity contribution in [2.75, 3.05) is 0 Å². The van der Waals surface area contributed by atoms with E-state index in [-0.39, 0.29) is 11.6 Å². The van der Waals surface area contributed by atoms with E-state index in [4.69, 9.17) is 0 Å². The molecule has 0 aliphatic heterocycles. The summed E-state index contributed by atoms with van der Waals surface area (Å²) in [4.78, 5) is 0. The first-order valence-electron chi connectivity index (χ1n) is 10.5. The fourth-order valence-corrected chi connectivity index (χ4v) is 3.69. The van der Waals surface area contributed by atoms with Gasteiger partial charge in [0.2, 0.25) is 0 Å². The van der Waals surface area contributed by atoms with Crippen LogP contribution >= 0.6 is 0 Å². The second-order valence-electron chi connectivity index (χ2n) is 7.83. The van der Waals surface area contributed by atoms with E-state index < -0.39 is 0 Å². The van der Waals surface area contributed by atoms with Gasteiger partial charge in [0.1, 0.15) is 11.6 Å². The highest BCUT2D eigenvalue weighted by Crippen LogP contribution is 2.24. The minimum atomic E-state index is -0.302. The van der Waals surface area contributed by atoms with Crippen LogP contribution in [0.3, 0.4) is 0 Å². The molecule has 0 spiro atoms. The maximum atomic E-state index is 14.6. The highest BCUT2D eigenvalue weighted by molar-refractivity contribution is 5.72. The molecule has 0 amide bonds. The van der Waals surface area contributed by atoms with Crippen molar-refractivity contribution in [1.29, 1.82) is 0 Å². The van der Waals surface area contributed by atoms with Crippen LogP contribution in [0.15, 0.2) is 97.1 Å². The van der Waals surface area contributed by atoms with Gasteiger partial charge in [-0.25, -0.2) is 8.78 Å². The monoisotopic (exact) mass is 410 g/mol. The Morgan fingerprint density at radius 1 is 0.710 bits per heavy atom. The van der Waals surface area contributed by atoms with Crippen molar-refractivity contribution in [2.45, 2.75) is 19.3 Å². The van der Waals surface area contributed by atoms with E-state index in [9.17, 15) is 8.78 Å². The molecule has 0 heterocycles. The molecule has 0 bridgehead atoms. The molecule has 0 fully saturated rings. The molecule has 0 nitrogen and oxygen atoms in total. The maximum absolute atomic E-state index is 14.6. The number of hydrogen-bond donors (Lipinski definition) is 0. The standard InChI is InChI=1S/C29H24F2/c1-21(24-5-3-2-4-6-24)19-23-9-7-22(8-10-23)11-12-26-13-14-27(20-29(26)31)25-15-17-28(30)18-16-25/h2-18,20-21H,19H2,1H3/t21-/m0/s1. The minimum Gasteiger partial charge on any atom is -0.207 e. The molecule has 0 aliphatic carbocycles. The first-order chi connectivity index (χ1) is 15.1. The van der Waals surface area contributed by atoms with E-state index in [1.54, 1.807) is 24.3 Å². The van der Waals surface area contributed by atoms with Gasteiger partial charge in [0.15, 0.2) is 0 Å². The Bertz CT molecular complexity index is 1160. The number of rotatable bonds is 6. The molecule has 1 atom stereocenters. The van der Waals surface area contributed by atoms with Crippen molar-refractivity contribution in [3.63, 3.8) is 0 Å². The summed E-state index contributed by atoms with van der Waals surface area (Å²) in [6.45, 7) is 2.24. The van der Waals surface area contributed by atoms with Crippen LogP contribution in [0.25, 0.3) is 23.3 Å². The fourth-order valence-electron chi connectivity index (χ4n) is 3.69. The van der Waals surface area contributed by atoms with Gasteiger partial charge in [0.25, 0.3) is 0 Å². The third-order valence-corrected chi connectivity index (χ3v) is 5.52. The molecule has 4 rings (SSSR count). The van der Waals surface area contributed by atoms with Crippen LogP contribution in [-0.2, 0) is 6.42 Å². The first-order valence-corrected chi connectivity index (χ1v) is 10.5. The molecule has 0 radical (unpaired) electrons. The topological polar surface area (TPSA) is 0 Å². The molecular weight excluding hydrogens is 386 g/mol. The van der Waals surface area contributed by atoms with Crippen molar-refractivity contribution in [1.82, 2.24) is 0 Å². The van der Waals surface area contributed by atoms with Gasteiger partial charge in [-0.3, -0.25) is 0 Å². The Kier molecular flexibility index (Phi) is 6.37. The predicted molar refractivity (Wildman–Crippen MR) is 126 cm³/mol. The summed E-state index contributed by atoms with van der Waals surface area (Å²) in [5.74, 6) is -0.146. The fraction of sp³-hybridized carbons (Fsp3) is 0.103. The van der Waals surface area contributed by atoms with E-state index in [1.165, 1.54) is 29.3 Å². The summed E-state index contributed by atoms with van der Waals surface area (Å²) in [6, 6.07) is 30.1. The van der Waals surface area contributed by atoms with Crippen LogP contribution in [0.5, 0.6) is 0 Å². The Morgan fingerprint density at radius 2 is 1.39 bits per heavy atom. The molecule has 0 saturated heterocycles. The van der Waals surface area contributed by atoms with Crippen LogP contribution in [0, 0.1) is 11.6 Å². The Labute approximate surface area is 182 Å². The quantitative estimate of drug-likeness (QED) is 0.281. The minimum absolute atomic E-state index is 0.300. The molecular formula is C29H24F2. The van der Waals surface area contributed by atoms with Crippen molar-refractivity contribution in [3.8, 4) is 11.1 Å². The summed E-state index contributed by atoms with van der Waals surface area (Å²) in [7, 11) is 0. The average Bonchev–Trinajstić information content (AvgIpc) is 2.80. The number of halogens is 2. The summed E-state index contributed by atoms with van der Waals surface area (Å²) in [5.41, 5.74) is 5.68. The van der Waals surface area contributed by atoms with Crippen LogP contribution < -0.4 is 0 Å². The zero-order valence-corrected chi connectivity index (χ0v) is 17.4. The average molecular weight is 411 g/mol. The normalized spacial score (nSPS) is 12.2. The third-order valence-electron chi connectivity index (χ3n) is 5.52. The maximum Gasteiger partial charge on any atom is 0.131 e. The van der Waals surface area contributed by atoms with Crippen molar-refractivity contribution in [3.05, 3.63) is 131 Å².